The summed E-state index contributed by atoms with van der Waals surface area (Å²) < 4.78 is 0. The van der Waals surface area contributed by atoms with Crippen molar-refractivity contribution >= 4 is 28.3 Å². The standard InChI is InChI=1S/C14H15N3S/c1-9-7-8-13(18-9)10(2)15-14-16-11-5-3-4-6-12(11)17-14/h3-8,10H,1-2H3,(H2,15,16,17). The van der Waals surface area contributed by atoms with Gasteiger partial charge in [-0.25, -0.2) is 4.98 Å². The number of rotatable bonds is 3. The first-order chi connectivity index (χ1) is 8.72. The first-order valence-electron chi connectivity index (χ1n) is 6.00. The number of aromatic amines is 1. The highest BCUT2D eigenvalue weighted by Crippen LogP contribution is 2.25. The Kier molecular flexibility index (Phi) is 2.80. The molecule has 3 aromatic rings. The van der Waals surface area contributed by atoms with Crippen LogP contribution in [0.5, 0.6) is 0 Å². The monoisotopic (exact) mass is 257 g/mol. The lowest BCUT2D eigenvalue weighted by atomic mass is 10.3. The quantitative estimate of drug-likeness (QED) is 0.741. The molecule has 0 saturated heterocycles. The average molecular weight is 257 g/mol. The lowest BCUT2D eigenvalue weighted by molar-refractivity contribution is 0.890. The highest BCUT2D eigenvalue weighted by Gasteiger charge is 2.09. The number of fused-ring (bicyclic) bond motifs is 1. The van der Waals surface area contributed by atoms with Gasteiger partial charge in [0.15, 0.2) is 0 Å². The number of aryl methyl sites for hydroxylation is 1. The molecule has 0 aliphatic heterocycles. The Morgan fingerprint density at radius 3 is 2.78 bits per heavy atom. The van der Waals surface area contributed by atoms with Crippen molar-refractivity contribution in [3.05, 3.63) is 46.2 Å². The van der Waals surface area contributed by atoms with Crippen LogP contribution in [0.25, 0.3) is 11.0 Å². The van der Waals surface area contributed by atoms with Gasteiger partial charge in [0.05, 0.1) is 17.1 Å². The number of nitrogens with zero attached hydrogens (tertiary/aromatic N) is 1. The number of hydrogen-bond donors (Lipinski definition) is 2. The summed E-state index contributed by atoms with van der Waals surface area (Å²) >= 11 is 1.82. The number of para-hydroxylation sites is 2. The maximum Gasteiger partial charge on any atom is 0.201 e. The van der Waals surface area contributed by atoms with Crippen molar-refractivity contribution in [2.24, 2.45) is 0 Å². The fourth-order valence-corrected chi connectivity index (χ4v) is 2.86. The van der Waals surface area contributed by atoms with E-state index in [1.165, 1.54) is 9.75 Å². The molecular weight excluding hydrogens is 242 g/mol. The fourth-order valence-electron chi connectivity index (χ4n) is 1.98. The fraction of sp³-hybridized carbons (Fsp3) is 0.214. The number of imidazole rings is 1. The molecule has 0 radical (unpaired) electrons. The van der Waals surface area contributed by atoms with E-state index in [4.69, 9.17) is 0 Å². The van der Waals surface area contributed by atoms with Gasteiger partial charge < -0.3 is 10.3 Å². The van der Waals surface area contributed by atoms with Crippen LogP contribution in [0.1, 0.15) is 22.7 Å². The number of thiophene rings is 1. The lowest BCUT2D eigenvalue weighted by Crippen LogP contribution is -2.05. The minimum Gasteiger partial charge on any atom is -0.348 e. The molecule has 1 aromatic carbocycles. The van der Waals surface area contributed by atoms with E-state index in [-0.39, 0.29) is 6.04 Å². The van der Waals surface area contributed by atoms with E-state index in [1.807, 2.05) is 35.6 Å². The van der Waals surface area contributed by atoms with Gasteiger partial charge in [-0.1, -0.05) is 12.1 Å². The van der Waals surface area contributed by atoms with E-state index >= 15 is 0 Å². The number of hydrogen-bond acceptors (Lipinski definition) is 3. The summed E-state index contributed by atoms with van der Waals surface area (Å²) in [5, 5.41) is 3.40. The smallest absolute Gasteiger partial charge is 0.201 e. The molecule has 0 aliphatic carbocycles. The van der Waals surface area contributed by atoms with Gasteiger partial charge in [-0.05, 0) is 38.1 Å². The summed E-state index contributed by atoms with van der Waals surface area (Å²) in [6, 6.07) is 12.6. The summed E-state index contributed by atoms with van der Waals surface area (Å²) in [5.41, 5.74) is 2.06. The first-order valence-corrected chi connectivity index (χ1v) is 6.81. The highest BCUT2D eigenvalue weighted by molar-refractivity contribution is 7.12. The van der Waals surface area contributed by atoms with Crippen molar-refractivity contribution in [1.29, 1.82) is 0 Å². The third kappa shape index (κ3) is 2.11. The highest BCUT2D eigenvalue weighted by atomic mass is 32.1. The van der Waals surface area contributed by atoms with Gasteiger partial charge in [0.2, 0.25) is 5.95 Å². The van der Waals surface area contributed by atoms with Gasteiger partial charge in [0.1, 0.15) is 0 Å². The Balaban J connectivity index is 1.83. The molecular formula is C14H15N3S. The third-order valence-electron chi connectivity index (χ3n) is 2.93. The van der Waals surface area contributed by atoms with Gasteiger partial charge in [0.25, 0.3) is 0 Å². The van der Waals surface area contributed by atoms with Gasteiger partial charge >= 0.3 is 0 Å². The van der Waals surface area contributed by atoms with E-state index in [0.29, 0.717) is 0 Å². The van der Waals surface area contributed by atoms with Crippen LogP contribution < -0.4 is 5.32 Å². The second kappa shape index (κ2) is 4.46. The predicted octanol–water partition coefficient (Wildman–Crippen LogP) is 4.11. The van der Waals surface area contributed by atoms with Crippen LogP contribution in [0.4, 0.5) is 5.95 Å². The molecule has 1 atom stereocenters. The molecule has 0 aliphatic rings. The molecule has 3 rings (SSSR count). The molecule has 3 nitrogen and oxygen atoms in total. The Hall–Kier alpha value is -1.81. The molecule has 4 heteroatoms. The average Bonchev–Trinajstić information content (AvgIpc) is 2.94. The van der Waals surface area contributed by atoms with Crippen molar-refractivity contribution in [2.75, 3.05) is 5.32 Å². The molecule has 0 saturated carbocycles. The topological polar surface area (TPSA) is 40.7 Å². The van der Waals surface area contributed by atoms with E-state index in [9.17, 15) is 0 Å². The molecule has 2 N–H and O–H groups in total. The van der Waals surface area contributed by atoms with Crippen molar-refractivity contribution in [1.82, 2.24) is 9.97 Å². The zero-order valence-corrected chi connectivity index (χ0v) is 11.2. The van der Waals surface area contributed by atoms with Crippen LogP contribution >= 0.6 is 11.3 Å². The maximum atomic E-state index is 4.52. The molecule has 2 heterocycles. The summed E-state index contributed by atoms with van der Waals surface area (Å²) in [4.78, 5) is 10.5. The van der Waals surface area contributed by atoms with Crippen molar-refractivity contribution in [3.63, 3.8) is 0 Å². The molecule has 92 valence electrons. The lowest BCUT2D eigenvalue weighted by Gasteiger charge is -2.10. The van der Waals surface area contributed by atoms with Crippen LogP contribution in [0.3, 0.4) is 0 Å². The SMILES string of the molecule is Cc1ccc(C(C)Nc2nc3ccccc3[nH]2)s1. The summed E-state index contributed by atoms with van der Waals surface area (Å²) in [6.07, 6.45) is 0. The molecule has 0 fully saturated rings. The van der Waals surface area contributed by atoms with Crippen molar-refractivity contribution in [2.45, 2.75) is 19.9 Å². The van der Waals surface area contributed by atoms with Crippen LogP contribution in [0.15, 0.2) is 36.4 Å². The normalized spacial score (nSPS) is 12.8. The molecule has 0 amide bonds. The predicted molar refractivity (Wildman–Crippen MR) is 77.2 cm³/mol. The van der Waals surface area contributed by atoms with E-state index in [1.54, 1.807) is 0 Å². The molecule has 2 aromatic heterocycles. The summed E-state index contributed by atoms with van der Waals surface area (Å²) in [7, 11) is 0. The Morgan fingerprint density at radius 1 is 1.22 bits per heavy atom. The largest absolute Gasteiger partial charge is 0.348 e. The summed E-state index contributed by atoms with van der Waals surface area (Å²) in [6.45, 7) is 4.28. The Bertz CT molecular complexity index is 635. The van der Waals surface area contributed by atoms with E-state index in [0.717, 1.165) is 17.0 Å². The van der Waals surface area contributed by atoms with Gasteiger partial charge in [-0.3, -0.25) is 0 Å². The zero-order valence-electron chi connectivity index (χ0n) is 10.4. The number of anilines is 1. The number of benzene rings is 1. The molecule has 0 spiro atoms. The van der Waals surface area contributed by atoms with E-state index < -0.39 is 0 Å². The molecule has 1 unspecified atom stereocenters. The zero-order chi connectivity index (χ0) is 12.5. The first kappa shape index (κ1) is 11.3. The second-order valence-corrected chi connectivity index (χ2v) is 5.74. The van der Waals surface area contributed by atoms with E-state index in [2.05, 4.69) is 41.3 Å². The van der Waals surface area contributed by atoms with Gasteiger partial charge in [-0.2, -0.15) is 0 Å². The Morgan fingerprint density at radius 2 is 2.06 bits per heavy atom. The summed E-state index contributed by atoms with van der Waals surface area (Å²) in [5.74, 6) is 0.828. The van der Waals surface area contributed by atoms with Crippen molar-refractivity contribution in [3.8, 4) is 0 Å². The minimum atomic E-state index is 0.268. The second-order valence-electron chi connectivity index (χ2n) is 4.42. The number of H-pyrrole nitrogens is 1. The van der Waals surface area contributed by atoms with Crippen LogP contribution in [-0.2, 0) is 0 Å². The van der Waals surface area contributed by atoms with Crippen molar-refractivity contribution < 1.29 is 0 Å². The number of aromatic nitrogens is 2. The van der Waals surface area contributed by atoms with Crippen LogP contribution in [0.2, 0.25) is 0 Å². The Labute approximate surface area is 110 Å². The number of nitrogens with one attached hydrogen (secondary N) is 2. The van der Waals surface area contributed by atoms with Crippen LogP contribution in [-0.4, -0.2) is 9.97 Å². The van der Waals surface area contributed by atoms with Gasteiger partial charge in [-0.15, -0.1) is 11.3 Å². The molecule has 0 bridgehead atoms. The van der Waals surface area contributed by atoms with Crippen LogP contribution in [0, 0.1) is 6.92 Å². The third-order valence-corrected chi connectivity index (χ3v) is 4.11. The van der Waals surface area contributed by atoms with Gasteiger partial charge in [0, 0.05) is 9.75 Å². The molecule has 18 heavy (non-hydrogen) atoms. The minimum absolute atomic E-state index is 0.268. The maximum absolute atomic E-state index is 4.52.